The number of nitrogens with zero attached hydrogens (tertiary/aromatic N) is 9. The Morgan fingerprint density at radius 2 is 1.80 bits per heavy atom. The summed E-state index contributed by atoms with van der Waals surface area (Å²) in [5.74, 6) is 3.43. The van der Waals surface area contributed by atoms with Gasteiger partial charge in [0.25, 0.3) is 0 Å². The van der Waals surface area contributed by atoms with Gasteiger partial charge in [0, 0.05) is 51.7 Å². The topological polar surface area (TPSA) is 80.8 Å². The highest BCUT2D eigenvalue weighted by atomic mass is 15.4. The van der Waals surface area contributed by atoms with Gasteiger partial charge >= 0.3 is 0 Å². The molecule has 1 aliphatic heterocycles. The lowest BCUT2D eigenvalue weighted by Gasteiger charge is -2.34. The lowest BCUT2D eigenvalue weighted by atomic mass is 10.3. The van der Waals surface area contributed by atoms with Gasteiger partial charge in [-0.25, -0.2) is 15.0 Å². The van der Waals surface area contributed by atoms with Crippen LogP contribution >= 0.6 is 0 Å². The van der Waals surface area contributed by atoms with Gasteiger partial charge in [-0.3, -0.25) is 9.58 Å². The third-order valence-corrected chi connectivity index (χ3v) is 4.36. The molecular weight excluding hydrogens is 318 g/mol. The second-order valence-electron chi connectivity index (χ2n) is 6.11. The largest absolute Gasteiger partial charge is 0.338 e. The Balaban J connectivity index is 1.45. The van der Waals surface area contributed by atoms with Crippen LogP contribution in [0.3, 0.4) is 0 Å². The Hall–Kier alpha value is -2.81. The zero-order valence-corrected chi connectivity index (χ0v) is 14.4. The first kappa shape index (κ1) is 15.7. The summed E-state index contributed by atoms with van der Waals surface area (Å²) in [6.45, 7) is 6.37. The zero-order chi connectivity index (χ0) is 17.2. The Morgan fingerprint density at radius 1 is 1.04 bits per heavy atom. The van der Waals surface area contributed by atoms with Crippen LogP contribution in [0.15, 0.2) is 30.7 Å². The maximum absolute atomic E-state index is 4.61. The molecule has 25 heavy (non-hydrogen) atoms. The van der Waals surface area contributed by atoms with Crippen LogP contribution in [-0.2, 0) is 13.6 Å². The summed E-state index contributed by atoms with van der Waals surface area (Å²) in [5.41, 5.74) is 0. The average Bonchev–Trinajstić information content (AvgIpc) is 3.21. The number of rotatable bonds is 4. The Labute approximate surface area is 145 Å². The van der Waals surface area contributed by atoms with Crippen LogP contribution in [0, 0.1) is 6.92 Å². The lowest BCUT2D eigenvalue weighted by Crippen LogP contribution is -2.46. The second-order valence-corrected chi connectivity index (χ2v) is 6.11. The summed E-state index contributed by atoms with van der Waals surface area (Å²) in [4.78, 5) is 17.9. The van der Waals surface area contributed by atoms with E-state index in [1.54, 1.807) is 18.6 Å². The minimum atomic E-state index is 0.759. The van der Waals surface area contributed by atoms with Crippen molar-refractivity contribution in [3.8, 4) is 5.82 Å². The van der Waals surface area contributed by atoms with Crippen LogP contribution in [0.1, 0.15) is 11.6 Å². The Morgan fingerprint density at radius 3 is 2.48 bits per heavy atom. The molecule has 9 nitrogen and oxygen atoms in total. The average molecular weight is 339 g/mol. The van der Waals surface area contributed by atoms with Crippen LogP contribution in [0.2, 0.25) is 0 Å². The summed E-state index contributed by atoms with van der Waals surface area (Å²) < 4.78 is 3.69. The zero-order valence-electron chi connectivity index (χ0n) is 14.4. The van der Waals surface area contributed by atoms with Gasteiger partial charge in [0.1, 0.15) is 11.6 Å². The summed E-state index contributed by atoms with van der Waals surface area (Å²) in [5, 5.41) is 8.76. The van der Waals surface area contributed by atoms with Gasteiger partial charge in [-0.05, 0) is 13.0 Å². The summed E-state index contributed by atoms with van der Waals surface area (Å²) in [6.07, 6.45) is 5.34. The molecule has 3 aromatic rings. The molecule has 1 aliphatic rings. The molecule has 0 unspecified atom stereocenters. The van der Waals surface area contributed by atoms with E-state index in [2.05, 4.69) is 34.9 Å². The quantitative estimate of drug-likeness (QED) is 0.681. The summed E-state index contributed by atoms with van der Waals surface area (Å²) in [6, 6.07) is 3.79. The molecule has 4 rings (SSSR count). The molecular formula is C16H21N9. The molecule has 1 fully saturated rings. The van der Waals surface area contributed by atoms with Crippen molar-refractivity contribution in [2.45, 2.75) is 13.5 Å². The fraction of sp³-hybridized carbons (Fsp3) is 0.438. The molecule has 0 bridgehead atoms. The van der Waals surface area contributed by atoms with Gasteiger partial charge in [-0.1, -0.05) is 0 Å². The van der Waals surface area contributed by atoms with Crippen molar-refractivity contribution in [2.75, 3.05) is 31.1 Å². The lowest BCUT2D eigenvalue weighted by molar-refractivity contribution is 0.241. The molecule has 3 aromatic heterocycles. The fourth-order valence-corrected chi connectivity index (χ4v) is 3.08. The van der Waals surface area contributed by atoms with E-state index < -0.39 is 0 Å². The van der Waals surface area contributed by atoms with E-state index in [0.717, 1.165) is 56.1 Å². The molecule has 0 aliphatic carbocycles. The minimum absolute atomic E-state index is 0.759. The van der Waals surface area contributed by atoms with Crippen molar-refractivity contribution in [1.82, 2.24) is 39.4 Å². The molecule has 0 N–H and O–H groups in total. The second kappa shape index (κ2) is 6.60. The normalized spacial score (nSPS) is 15.7. The monoisotopic (exact) mass is 339 g/mol. The van der Waals surface area contributed by atoms with Crippen LogP contribution < -0.4 is 4.90 Å². The molecule has 0 atom stereocenters. The van der Waals surface area contributed by atoms with Crippen molar-refractivity contribution in [1.29, 1.82) is 0 Å². The first-order valence-corrected chi connectivity index (χ1v) is 8.36. The molecule has 1 saturated heterocycles. The highest BCUT2D eigenvalue weighted by Gasteiger charge is 2.21. The van der Waals surface area contributed by atoms with Crippen molar-refractivity contribution in [2.24, 2.45) is 7.05 Å². The van der Waals surface area contributed by atoms with E-state index in [1.807, 2.05) is 35.5 Å². The molecule has 4 heterocycles. The van der Waals surface area contributed by atoms with E-state index in [4.69, 9.17) is 0 Å². The van der Waals surface area contributed by atoms with E-state index in [1.165, 1.54) is 0 Å². The standard InChI is InChI=1S/C16H21N9/c1-13-20-14(25(21-13)15-4-7-19-22(15)2)12-23-8-10-24(11-9-23)16-17-5-3-6-18-16/h3-7H,8-12H2,1-2H3. The van der Waals surface area contributed by atoms with E-state index in [-0.39, 0.29) is 0 Å². The van der Waals surface area contributed by atoms with Gasteiger partial charge < -0.3 is 4.90 Å². The number of aromatic nitrogens is 7. The maximum Gasteiger partial charge on any atom is 0.225 e. The molecule has 0 radical (unpaired) electrons. The molecule has 130 valence electrons. The third kappa shape index (κ3) is 3.22. The SMILES string of the molecule is Cc1nc(CN2CCN(c3ncccn3)CC2)n(-c2ccnn2C)n1. The molecule has 0 spiro atoms. The highest BCUT2D eigenvalue weighted by molar-refractivity contribution is 5.29. The highest BCUT2D eigenvalue weighted by Crippen LogP contribution is 2.14. The van der Waals surface area contributed by atoms with E-state index in [0.29, 0.717) is 0 Å². The number of hydrogen-bond donors (Lipinski definition) is 0. The van der Waals surface area contributed by atoms with Crippen molar-refractivity contribution in [3.63, 3.8) is 0 Å². The number of anilines is 1. The predicted molar refractivity (Wildman–Crippen MR) is 92.4 cm³/mol. The van der Waals surface area contributed by atoms with E-state index >= 15 is 0 Å². The van der Waals surface area contributed by atoms with Gasteiger partial charge in [0.05, 0.1) is 12.7 Å². The number of hydrogen-bond acceptors (Lipinski definition) is 7. The smallest absolute Gasteiger partial charge is 0.225 e. The Bertz CT molecular complexity index is 830. The molecule has 0 saturated carbocycles. The van der Waals surface area contributed by atoms with Gasteiger partial charge in [0.2, 0.25) is 5.95 Å². The summed E-state index contributed by atoms with van der Waals surface area (Å²) >= 11 is 0. The van der Waals surface area contributed by atoms with Crippen LogP contribution in [0.25, 0.3) is 5.82 Å². The minimum Gasteiger partial charge on any atom is -0.338 e. The van der Waals surface area contributed by atoms with E-state index in [9.17, 15) is 0 Å². The van der Waals surface area contributed by atoms with Crippen LogP contribution in [0.4, 0.5) is 5.95 Å². The predicted octanol–water partition coefficient (Wildman–Crippen LogP) is 0.421. The number of aryl methyl sites for hydroxylation is 2. The molecule has 9 heteroatoms. The third-order valence-electron chi connectivity index (χ3n) is 4.36. The van der Waals surface area contributed by atoms with Crippen molar-refractivity contribution in [3.05, 3.63) is 42.4 Å². The van der Waals surface area contributed by atoms with Gasteiger partial charge in [-0.2, -0.15) is 9.78 Å². The van der Waals surface area contributed by atoms with Crippen molar-refractivity contribution >= 4 is 5.95 Å². The summed E-state index contributed by atoms with van der Waals surface area (Å²) in [7, 11) is 1.91. The first-order chi connectivity index (χ1) is 12.2. The molecule has 0 amide bonds. The number of piperazine rings is 1. The van der Waals surface area contributed by atoms with Crippen LogP contribution in [-0.4, -0.2) is 65.6 Å². The maximum atomic E-state index is 4.61. The fourth-order valence-electron chi connectivity index (χ4n) is 3.08. The molecule has 0 aromatic carbocycles. The van der Waals surface area contributed by atoms with Gasteiger partial charge in [-0.15, -0.1) is 5.10 Å². The Kier molecular flexibility index (Phi) is 4.14. The first-order valence-electron chi connectivity index (χ1n) is 8.36. The van der Waals surface area contributed by atoms with Gasteiger partial charge in [0.15, 0.2) is 5.82 Å². The van der Waals surface area contributed by atoms with Crippen LogP contribution in [0.5, 0.6) is 0 Å². The van der Waals surface area contributed by atoms with Crippen molar-refractivity contribution < 1.29 is 0 Å².